The molecule has 1 amide bonds. The number of nitrogens with zero attached hydrogens (tertiary/aromatic N) is 7. The monoisotopic (exact) mass is 585 g/mol. The summed E-state index contributed by atoms with van der Waals surface area (Å²) in [4.78, 5) is 38.2. The third-order valence-corrected chi connectivity index (χ3v) is 7.65. The molecule has 0 saturated carbocycles. The van der Waals surface area contributed by atoms with Crippen molar-refractivity contribution < 1.29 is 9.53 Å². The number of halogens is 1. The second-order valence-corrected chi connectivity index (χ2v) is 10.5. The molecule has 0 radical (unpaired) electrons. The third-order valence-electron chi connectivity index (χ3n) is 7.41. The Bertz CT molecular complexity index is 1780. The van der Waals surface area contributed by atoms with Crippen LogP contribution in [-0.4, -0.2) is 52.9 Å². The van der Waals surface area contributed by atoms with Crippen LogP contribution in [0, 0.1) is 0 Å². The van der Waals surface area contributed by atoms with Gasteiger partial charge in [-0.05, 0) is 65.6 Å². The van der Waals surface area contributed by atoms with Gasteiger partial charge in [0.25, 0.3) is 5.56 Å². The molecule has 1 aliphatic rings. The Labute approximate surface area is 245 Å². The minimum Gasteiger partial charge on any atom is -0.453 e. The summed E-state index contributed by atoms with van der Waals surface area (Å²) < 4.78 is 7.87. The molecule has 12 nitrogen and oxygen atoms in total. The molecular weight excluding hydrogens is 558 g/mol. The van der Waals surface area contributed by atoms with Crippen LogP contribution in [0.15, 0.2) is 66.1 Å². The van der Waals surface area contributed by atoms with Gasteiger partial charge in [0, 0.05) is 27.9 Å². The zero-order valence-electron chi connectivity index (χ0n) is 22.8. The van der Waals surface area contributed by atoms with E-state index >= 15 is 0 Å². The highest BCUT2D eigenvalue weighted by molar-refractivity contribution is 6.31. The van der Waals surface area contributed by atoms with E-state index in [1.807, 2.05) is 18.2 Å². The van der Waals surface area contributed by atoms with Crippen molar-refractivity contribution in [3.05, 3.63) is 88.1 Å². The van der Waals surface area contributed by atoms with Crippen molar-refractivity contribution in [2.75, 3.05) is 12.4 Å². The van der Waals surface area contributed by atoms with Gasteiger partial charge < -0.3 is 9.72 Å². The Morgan fingerprint density at radius 3 is 2.74 bits per heavy atom. The van der Waals surface area contributed by atoms with E-state index in [0.717, 1.165) is 55.3 Å². The number of carbonyl (C=O) groups is 1. The van der Waals surface area contributed by atoms with Crippen LogP contribution in [0.4, 0.5) is 10.5 Å². The van der Waals surface area contributed by atoms with Gasteiger partial charge in [0.05, 0.1) is 42.8 Å². The molecule has 2 bridgehead atoms. The van der Waals surface area contributed by atoms with Crippen molar-refractivity contribution in [1.82, 2.24) is 39.7 Å². The van der Waals surface area contributed by atoms with Crippen LogP contribution in [0.2, 0.25) is 5.02 Å². The van der Waals surface area contributed by atoms with Gasteiger partial charge in [-0.2, -0.15) is 4.68 Å². The lowest BCUT2D eigenvalue weighted by Gasteiger charge is -2.19. The zero-order valence-corrected chi connectivity index (χ0v) is 23.6. The number of aromatic nitrogens is 8. The molecule has 0 unspecified atom stereocenters. The van der Waals surface area contributed by atoms with Gasteiger partial charge >= 0.3 is 6.09 Å². The molecule has 4 heterocycles. The lowest BCUT2D eigenvalue weighted by atomic mass is 9.97. The Balaban J connectivity index is 1.36. The number of aryl methyl sites for hydroxylation is 1. The van der Waals surface area contributed by atoms with Crippen molar-refractivity contribution in [3.63, 3.8) is 0 Å². The largest absolute Gasteiger partial charge is 0.453 e. The van der Waals surface area contributed by atoms with E-state index in [9.17, 15) is 9.59 Å². The van der Waals surface area contributed by atoms with Gasteiger partial charge in [0.1, 0.15) is 12.2 Å². The molecule has 0 spiro atoms. The zero-order chi connectivity index (χ0) is 29.1. The first kappa shape index (κ1) is 27.3. The van der Waals surface area contributed by atoms with Crippen LogP contribution in [0.5, 0.6) is 0 Å². The second-order valence-electron chi connectivity index (χ2n) is 10.1. The number of ether oxygens (including phenoxy) is 1. The van der Waals surface area contributed by atoms with E-state index in [0.29, 0.717) is 33.5 Å². The summed E-state index contributed by atoms with van der Waals surface area (Å²) in [6, 6.07) is 12.2. The number of nitrogens with one attached hydrogen (secondary N) is 2. The summed E-state index contributed by atoms with van der Waals surface area (Å²) in [5, 5.41) is 14.7. The van der Waals surface area contributed by atoms with E-state index in [-0.39, 0.29) is 11.6 Å². The maximum Gasteiger partial charge on any atom is 0.411 e. The van der Waals surface area contributed by atoms with Crippen molar-refractivity contribution in [3.8, 4) is 28.2 Å². The van der Waals surface area contributed by atoms with Gasteiger partial charge in [-0.1, -0.05) is 36.9 Å². The number of amides is 1. The van der Waals surface area contributed by atoms with Crippen molar-refractivity contribution >= 4 is 23.4 Å². The van der Waals surface area contributed by atoms with Crippen LogP contribution < -0.4 is 10.9 Å². The first-order chi connectivity index (χ1) is 20.5. The lowest BCUT2D eigenvalue weighted by Crippen LogP contribution is -2.26. The molecule has 5 aromatic rings. The standard InChI is InChI=1S/C29H28ClN9O3/c1-42-29(41)34-20-9-10-21-18(12-20)6-4-2-3-5-7-26(28-31-15-24(21)35-28)38-16-32-23(14-27(38)40)22-13-19(30)8-11-25(22)39-17-33-36-37-39/h8-17,26H,2-7H2,1H3,(H,31,35)(H,34,41)/t26-/m0/s1. The second kappa shape index (κ2) is 12.0. The average molecular weight is 586 g/mol. The molecule has 3 aromatic heterocycles. The molecule has 2 N–H and O–H groups in total. The van der Waals surface area contributed by atoms with Crippen molar-refractivity contribution in [2.45, 2.75) is 44.6 Å². The maximum absolute atomic E-state index is 13.6. The summed E-state index contributed by atoms with van der Waals surface area (Å²) in [7, 11) is 1.34. The summed E-state index contributed by atoms with van der Waals surface area (Å²) in [5.41, 5.74) is 5.15. The fourth-order valence-electron chi connectivity index (χ4n) is 5.34. The van der Waals surface area contributed by atoms with Crippen LogP contribution in [-0.2, 0) is 11.2 Å². The van der Waals surface area contributed by atoms with Gasteiger partial charge in [0.2, 0.25) is 0 Å². The molecule has 42 heavy (non-hydrogen) atoms. The predicted octanol–water partition coefficient (Wildman–Crippen LogP) is 5.20. The van der Waals surface area contributed by atoms with Gasteiger partial charge in [-0.3, -0.25) is 14.7 Å². The number of fused-ring (bicyclic) bond motifs is 4. The Kier molecular flexibility index (Phi) is 7.78. The van der Waals surface area contributed by atoms with Gasteiger partial charge in [-0.15, -0.1) is 5.10 Å². The minimum atomic E-state index is -0.512. The first-order valence-corrected chi connectivity index (χ1v) is 14.0. The number of hydrogen-bond donors (Lipinski definition) is 2. The summed E-state index contributed by atoms with van der Waals surface area (Å²) in [6.45, 7) is 0. The predicted molar refractivity (Wildman–Crippen MR) is 157 cm³/mol. The van der Waals surface area contributed by atoms with Crippen LogP contribution in [0.3, 0.4) is 0 Å². The van der Waals surface area contributed by atoms with E-state index in [4.69, 9.17) is 21.3 Å². The molecule has 0 aliphatic carbocycles. The smallest absolute Gasteiger partial charge is 0.411 e. The minimum absolute atomic E-state index is 0.211. The number of hydrogen-bond acceptors (Lipinski definition) is 8. The Hall–Kier alpha value is -4.84. The third kappa shape index (κ3) is 5.66. The highest BCUT2D eigenvalue weighted by Crippen LogP contribution is 2.32. The van der Waals surface area contributed by atoms with E-state index < -0.39 is 6.09 Å². The number of carbonyl (C=O) groups excluding carboxylic acids is 1. The number of H-pyrrole nitrogens is 1. The molecule has 13 heteroatoms. The number of methoxy groups -OCH3 is 1. The fraction of sp³-hybridized carbons (Fsp3) is 0.276. The number of rotatable bonds is 4. The summed E-state index contributed by atoms with van der Waals surface area (Å²) in [6.07, 6.45) is 9.90. The number of anilines is 1. The van der Waals surface area contributed by atoms with Crippen LogP contribution in [0.25, 0.3) is 28.2 Å². The van der Waals surface area contributed by atoms with Crippen LogP contribution in [0.1, 0.15) is 49.5 Å². The number of aromatic amines is 1. The van der Waals surface area contributed by atoms with E-state index in [1.165, 1.54) is 24.2 Å². The highest BCUT2D eigenvalue weighted by Gasteiger charge is 2.22. The molecule has 2 aromatic carbocycles. The van der Waals surface area contributed by atoms with Gasteiger partial charge in [-0.25, -0.2) is 14.8 Å². The number of imidazole rings is 1. The fourth-order valence-corrected chi connectivity index (χ4v) is 5.52. The molecule has 1 aliphatic heterocycles. The molecule has 0 saturated heterocycles. The first-order valence-electron chi connectivity index (χ1n) is 13.6. The Morgan fingerprint density at radius 2 is 1.93 bits per heavy atom. The lowest BCUT2D eigenvalue weighted by molar-refractivity contribution is 0.187. The maximum atomic E-state index is 13.6. The SMILES string of the molecule is COC(=O)Nc1ccc2c(c1)CCCCCC[C@H](n1cnc(-c3cc(Cl)ccc3-n3cnnn3)cc1=O)c1ncc-2[nH]1. The summed E-state index contributed by atoms with van der Waals surface area (Å²) in [5.74, 6) is 0.682. The highest BCUT2D eigenvalue weighted by atomic mass is 35.5. The van der Waals surface area contributed by atoms with E-state index in [1.54, 1.807) is 35.3 Å². The molecule has 1 atom stereocenters. The number of benzene rings is 2. The molecule has 0 fully saturated rings. The average Bonchev–Trinajstić information content (AvgIpc) is 3.70. The Morgan fingerprint density at radius 1 is 1.05 bits per heavy atom. The molecule has 6 rings (SSSR count). The molecular formula is C29H28ClN9O3. The topological polar surface area (TPSA) is 145 Å². The number of tetrazole rings is 1. The van der Waals surface area contributed by atoms with Gasteiger partial charge in [0.15, 0.2) is 0 Å². The summed E-state index contributed by atoms with van der Waals surface area (Å²) >= 11 is 6.30. The molecule has 214 valence electrons. The van der Waals surface area contributed by atoms with Crippen molar-refractivity contribution in [1.29, 1.82) is 0 Å². The normalized spacial score (nSPS) is 15.2. The van der Waals surface area contributed by atoms with Crippen LogP contribution >= 0.6 is 11.6 Å². The van der Waals surface area contributed by atoms with Crippen molar-refractivity contribution in [2.24, 2.45) is 0 Å². The van der Waals surface area contributed by atoms with E-state index in [2.05, 4.69) is 30.8 Å². The quantitative estimate of drug-likeness (QED) is 0.292.